The summed E-state index contributed by atoms with van der Waals surface area (Å²) in [6.07, 6.45) is 0. The quantitative estimate of drug-likeness (QED) is 0.298. The molecule has 15 heavy (non-hydrogen) atoms. The summed E-state index contributed by atoms with van der Waals surface area (Å²) in [6.45, 7) is -0.193. The van der Waals surface area contributed by atoms with Gasteiger partial charge >= 0.3 is 18.1 Å². The molecule has 0 unspecified atom stereocenters. The fourth-order valence-corrected chi connectivity index (χ4v) is 0.665. The van der Waals surface area contributed by atoms with Crippen molar-refractivity contribution in [2.45, 2.75) is 0 Å². The van der Waals surface area contributed by atoms with Crippen LogP contribution in [0.1, 0.15) is 0 Å². The van der Waals surface area contributed by atoms with E-state index in [9.17, 15) is 14.4 Å². The lowest BCUT2D eigenvalue weighted by molar-refractivity contribution is -0.118. The molecule has 10 heteroatoms. The van der Waals surface area contributed by atoms with E-state index in [0.29, 0.717) is 0 Å². The zero-order valence-corrected chi connectivity index (χ0v) is 7.52. The van der Waals surface area contributed by atoms with Gasteiger partial charge in [0.2, 0.25) is 5.91 Å². The number of hydrazine groups is 1. The highest BCUT2D eigenvalue weighted by atomic mass is 16.2. The standard InChI is InChI=1S/C4H6N4O3.CH4N2O/c5-3(10)7-8-1-2(9)6-4(8)11;2-1(3)4/h1H2,(H3,5,7,10)(H,6,9,11);(H4,2,3,4). The summed E-state index contributed by atoms with van der Waals surface area (Å²) in [5.41, 5.74) is 15.2. The molecule has 0 saturated carbocycles. The predicted molar refractivity (Wildman–Crippen MR) is 46.7 cm³/mol. The van der Waals surface area contributed by atoms with Crippen LogP contribution in [0.3, 0.4) is 0 Å². The van der Waals surface area contributed by atoms with Crippen molar-refractivity contribution >= 4 is 24.0 Å². The van der Waals surface area contributed by atoms with Crippen LogP contribution in [0.4, 0.5) is 14.4 Å². The molecule has 1 aliphatic heterocycles. The minimum atomic E-state index is -0.880. The third-order valence-electron chi connectivity index (χ3n) is 1.04. The van der Waals surface area contributed by atoms with Crippen LogP contribution in [0.15, 0.2) is 0 Å². The molecule has 0 aliphatic carbocycles. The highest BCUT2D eigenvalue weighted by Gasteiger charge is 2.27. The van der Waals surface area contributed by atoms with Gasteiger partial charge in [-0.3, -0.25) is 10.1 Å². The average molecular weight is 218 g/mol. The molecule has 10 nitrogen and oxygen atoms in total. The van der Waals surface area contributed by atoms with Crippen molar-refractivity contribution in [2.24, 2.45) is 17.2 Å². The van der Waals surface area contributed by atoms with E-state index in [1.54, 1.807) is 0 Å². The second kappa shape index (κ2) is 5.26. The van der Waals surface area contributed by atoms with Crippen LogP contribution in [0.25, 0.3) is 0 Å². The van der Waals surface area contributed by atoms with E-state index >= 15 is 0 Å². The molecular formula is C5H10N6O4. The van der Waals surface area contributed by atoms with Gasteiger partial charge in [0.15, 0.2) is 0 Å². The van der Waals surface area contributed by atoms with Crippen molar-refractivity contribution in [1.82, 2.24) is 15.8 Å². The first-order chi connectivity index (χ1) is 6.82. The Morgan fingerprint density at radius 1 is 1.27 bits per heavy atom. The van der Waals surface area contributed by atoms with E-state index in [1.807, 2.05) is 10.7 Å². The molecule has 8 N–H and O–H groups in total. The van der Waals surface area contributed by atoms with Crippen LogP contribution in [-0.4, -0.2) is 35.6 Å². The molecule has 1 saturated heterocycles. The van der Waals surface area contributed by atoms with E-state index < -0.39 is 24.0 Å². The molecular weight excluding hydrogens is 208 g/mol. The number of rotatable bonds is 1. The fraction of sp³-hybridized carbons (Fsp3) is 0.200. The van der Waals surface area contributed by atoms with Crippen molar-refractivity contribution in [1.29, 1.82) is 0 Å². The monoisotopic (exact) mass is 218 g/mol. The van der Waals surface area contributed by atoms with Crippen molar-refractivity contribution < 1.29 is 19.2 Å². The zero-order valence-electron chi connectivity index (χ0n) is 7.52. The normalized spacial score (nSPS) is 13.7. The number of amides is 7. The molecule has 7 amide bonds. The highest BCUT2D eigenvalue weighted by molar-refractivity contribution is 6.02. The van der Waals surface area contributed by atoms with Gasteiger partial charge in [-0.1, -0.05) is 0 Å². The Labute approximate surface area is 83.7 Å². The smallest absolute Gasteiger partial charge is 0.343 e. The molecule has 0 aromatic rings. The van der Waals surface area contributed by atoms with Gasteiger partial charge in [-0.05, 0) is 0 Å². The Kier molecular flexibility index (Phi) is 4.38. The second-order valence-corrected chi connectivity index (χ2v) is 2.32. The summed E-state index contributed by atoms with van der Waals surface area (Å²) in [4.78, 5) is 40.3. The SMILES string of the molecule is NC(=O)NN1CC(=O)NC1=O.NC(N)=O. The van der Waals surface area contributed by atoms with Crippen molar-refractivity contribution in [2.75, 3.05) is 6.54 Å². The molecule has 0 aromatic heterocycles. The Morgan fingerprint density at radius 2 is 1.73 bits per heavy atom. The maximum absolute atomic E-state index is 10.6. The third-order valence-corrected chi connectivity index (χ3v) is 1.04. The van der Waals surface area contributed by atoms with Crippen LogP contribution in [0.2, 0.25) is 0 Å². The zero-order chi connectivity index (χ0) is 12.0. The molecule has 0 aromatic carbocycles. The maximum Gasteiger partial charge on any atom is 0.343 e. The number of urea groups is 3. The molecule has 0 atom stereocenters. The Morgan fingerprint density at radius 3 is 2.00 bits per heavy atom. The van der Waals surface area contributed by atoms with E-state index in [-0.39, 0.29) is 6.54 Å². The molecule has 0 spiro atoms. The Balaban J connectivity index is 0.000000423. The van der Waals surface area contributed by atoms with E-state index in [1.165, 1.54) is 0 Å². The predicted octanol–water partition coefficient (Wildman–Crippen LogP) is -2.85. The van der Waals surface area contributed by atoms with Crippen molar-refractivity contribution in [3.05, 3.63) is 0 Å². The van der Waals surface area contributed by atoms with Crippen LogP contribution in [0, 0.1) is 0 Å². The highest BCUT2D eigenvalue weighted by Crippen LogP contribution is 1.91. The van der Waals surface area contributed by atoms with Crippen LogP contribution < -0.4 is 27.9 Å². The van der Waals surface area contributed by atoms with Crippen molar-refractivity contribution in [3.8, 4) is 0 Å². The van der Waals surface area contributed by atoms with Gasteiger partial charge in [-0.2, -0.15) is 0 Å². The van der Waals surface area contributed by atoms with E-state index in [0.717, 1.165) is 5.01 Å². The van der Waals surface area contributed by atoms with Gasteiger partial charge in [-0.25, -0.2) is 24.8 Å². The summed E-state index contributed by atoms with van der Waals surface area (Å²) in [7, 11) is 0. The van der Waals surface area contributed by atoms with Crippen LogP contribution >= 0.6 is 0 Å². The van der Waals surface area contributed by atoms with Gasteiger partial charge in [0, 0.05) is 0 Å². The number of carbonyl (C=O) groups is 4. The molecule has 1 rings (SSSR count). The first kappa shape index (κ1) is 12.5. The summed E-state index contributed by atoms with van der Waals surface area (Å²) in [5.74, 6) is -0.469. The summed E-state index contributed by atoms with van der Waals surface area (Å²) in [6, 6.07) is -2.39. The Bertz CT molecular complexity index is 298. The van der Waals surface area contributed by atoms with Gasteiger partial charge in [-0.15, -0.1) is 0 Å². The molecule has 0 bridgehead atoms. The van der Waals surface area contributed by atoms with Crippen molar-refractivity contribution in [3.63, 3.8) is 0 Å². The number of hydrogen-bond acceptors (Lipinski definition) is 4. The Hall–Kier alpha value is -2.52. The second-order valence-electron chi connectivity index (χ2n) is 2.32. The first-order valence-electron chi connectivity index (χ1n) is 3.55. The average Bonchev–Trinajstić information content (AvgIpc) is 2.27. The number of nitrogens with one attached hydrogen (secondary N) is 2. The third kappa shape index (κ3) is 5.68. The summed E-state index contributed by atoms with van der Waals surface area (Å²) in [5, 5.41) is 2.75. The lowest BCUT2D eigenvalue weighted by Crippen LogP contribution is -2.46. The molecule has 1 aliphatic rings. The minimum Gasteiger partial charge on any atom is -0.352 e. The number of imide groups is 1. The number of nitrogens with zero attached hydrogens (tertiary/aromatic N) is 1. The molecule has 1 heterocycles. The van der Waals surface area contributed by atoms with Crippen LogP contribution in [0.5, 0.6) is 0 Å². The lowest BCUT2D eigenvalue weighted by atomic mass is 10.6. The van der Waals surface area contributed by atoms with E-state index in [4.69, 9.17) is 10.5 Å². The number of primary amides is 3. The minimum absolute atomic E-state index is 0.193. The fourth-order valence-electron chi connectivity index (χ4n) is 0.665. The summed E-state index contributed by atoms with van der Waals surface area (Å²) < 4.78 is 0. The number of carbonyl (C=O) groups excluding carboxylic acids is 4. The number of nitrogens with two attached hydrogens (primary N) is 3. The van der Waals surface area contributed by atoms with Gasteiger partial charge in [0.25, 0.3) is 0 Å². The van der Waals surface area contributed by atoms with E-state index in [2.05, 4.69) is 11.5 Å². The topological polar surface area (TPSA) is 174 Å². The van der Waals surface area contributed by atoms with Gasteiger partial charge in [0.1, 0.15) is 6.54 Å². The lowest BCUT2D eigenvalue weighted by Gasteiger charge is -2.11. The summed E-state index contributed by atoms with van der Waals surface area (Å²) >= 11 is 0. The van der Waals surface area contributed by atoms with Gasteiger partial charge in [0.05, 0.1) is 0 Å². The molecule has 1 fully saturated rings. The van der Waals surface area contributed by atoms with Gasteiger partial charge < -0.3 is 17.2 Å². The number of hydrogen-bond donors (Lipinski definition) is 5. The largest absolute Gasteiger partial charge is 0.352 e. The first-order valence-corrected chi connectivity index (χ1v) is 3.55. The van der Waals surface area contributed by atoms with Crippen LogP contribution in [-0.2, 0) is 4.79 Å². The molecule has 0 radical (unpaired) electrons. The maximum atomic E-state index is 10.6. The molecule has 84 valence electrons.